The average molecular weight is 532 g/mol. The van der Waals surface area contributed by atoms with E-state index in [4.69, 9.17) is 28.6 Å². The van der Waals surface area contributed by atoms with Crippen molar-refractivity contribution in [3.8, 4) is 0 Å². The van der Waals surface area contributed by atoms with Crippen LogP contribution in [-0.4, -0.2) is 51.5 Å². The minimum Gasteiger partial charge on any atom is -0.355 e. The van der Waals surface area contributed by atoms with Gasteiger partial charge in [-0.3, -0.25) is 15.0 Å². The number of allylic oxidation sites excluding steroid dienone is 1. The number of nitrogens with one attached hydrogen (secondary N) is 3. The number of nitrogens with zero attached hydrogens (tertiary/aromatic N) is 4. The molecule has 2 heterocycles. The minimum atomic E-state index is -5.03. The number of aromatic nitrogens is 3. The Bertz CT molecular complexity index is 1330. The maximum atomic E-state index is 13.2. The molecule has 34 heavy (non-hydrogen) atoms. The Labute approximate surface area is 204 Å². The van der Waals surface area contributed by atoms with Gasteiger partial charge in [-0.05, 0) is 24.3 Å². The van der Waals surface area contributed by atoms with Crippen molar-refractivity contribution in [2.45, 2.75) is 6.18 Å². The smallest absolute Gasteiger partial charge is 0.355 e. The second-order valence-electron chi connectivity index (χ2n) is 6.59. The lowest BCUT2D eigenvalue weighted by Gasteiger charge is -2.23. The molecule has 0 aliphatic heterocycles. The first-order chi connectivity index (χ1) is 16.0. The highest BCUT2D eigenvalue weighted by Crippen LogP contribution is 2.35. The summed E-state index contributed by atoms with van der Waals surface area (Å²) in [4.78, 5) is 30.6. The molecular weight excluding hydrogens is 518 g/mol. The molecule has 0 aliphatic rings. The molecule has 2 aromatic heterocycles. The summed E-state index contributed by atoms with van der Waals surface area (Å²) in [7, 11) is 2.59. The molecule has 9 nitrogen and oxygen atoms in total. The number of carbonyl (C=O) groups excluding carboxylic acids is 2. The molecule has 178 valence electrons. The predicted octanol–water partition coefficient (Wildman–Crippen LogP) is 4.29. The minimum absolute atomic E-state index is 0.0429. The average Bonchev–Trinajstić information content (AvgIpc) is 3.26. The Balaban J connectivity index is 2.13. The van der Waals surface area contributed by atoms with Crippen LogP contribution in [0.3, 0.4) is 0 Å². The molecule has 0 aliphatic carbocycles. The highest BCUT2D eigenvalue weighted by atomic mass is 35.5. The van der Waals surface area contributed by atoms with Gasteiger partial charge in [-0.1, -0.05) is 23.2 Å². The van der Waals surface area contributed by atoms with Crippen LogP contribution < -0.4 is 15.5 Å². The van der Waals surface area contributed by atoms with Crippen LogP contribution in [0.25, 0.3) is 11.0 Å². The molecule has 1 aromatic carbocycles. The Morgan fingerprint density at radius 3 is 2.59 bits per heavy atom. The van der Waals surface area contributed by atoms with E-state index in [9.17, 15) is 22.8 Å². The van der Waals surface area contributed by atoms with Crippen molar-refractivity contribution in [3.63, 3.8) is 0 Å². The SMILES string of the molecule is CNC(=O)c1cc2nsnc2c(Cl)c1NC(=O)/C(=C/C(=N)C(F)(F)F)N(C)c1ncccc1Cl. The number of amides is 2. The molecule has 0 radical (unpaired) electrons. The van der Waals surface area contributed by atoms with Crippen LogP contribution in [0.4, 0.5) is 24.7 Å². The van der Waals surface area contributed by atoms with Crippen molar-refractivity contribution in [3.05, 3.63) is 51.8 Å². The third-order valence-corrected chi connectivity index (χ3v) is 5.64. The molecule has 0 spiro atoms. The Hall–Kier alpha value is -3.29. The summed E-state index contributed by atoms with van der Waals surface area (Å²) < 4.78 is 47.4. The first kappa shape index (κ1) is 25.3. The molecule has 3 rings (SSSR count). The zero-order valence-corrected chi connectivity index (χ0v) is 19.6. The van der Waals surface area contributed by atoms with E-state index in [2.05, 4.69) is 24.4 Å². The molecule has 0 atom stereocenters. The summed E-state index contributed by atoms with van der Waals surface area (Å²) in [6.45, 7) is 0. The zero-order chi connectivity index (χ0) is 25.2. The van der Waals surface area contributed by atoms with E-state index >= 15 is 0 Å². The molecule has 3 aromatic rings. The van der Waals surface area contributed by atoms with Crippen molar-refractivity contribution in [2.75, 3.05) is 24.3 Å². The molecule has 2 amide bonds. The zero-order valence-electron chi connectivity index (χ0n) is 17.3. The highest BCUT2D eigenvalue weighted by Gasteiger charge is 2.35. The van der Waals surface area contributed by atoms with Crippen LogP contribution in [0.15, 0.2) is 36.2 Å². The summed E-state index contributed by atoms with van der Waals surface area (Å²) in [6, 6.07) is 4.25. The van der Waals surface area contributed by atoms with Crippen molar-refractivity contribution in [1.29, 1.82) is 5.41 Å². The maximum Gasteiger partial charge on any atom is 0.432 e. The number of rotatable bonds is 6. The quantitative estimate of drug-likeness (QED) is 0.322. The van der Waals surface area contributed by atoms with Gasteiger partial charge in [-0.15, -0.1) is 0 Å². The first-order valence-electron chi connectivity index (χ1n) is 9.15. The van der Waals surface area contributed by atoms with Crippen LogP contribution in [0, 0.1) is 5.41 Å². The fourth-order valence-corrected chi connectivity index (χ4v) is 3.89. The van der Waals surface area contributed by atoms with Gasteiger partial charge in [0, 0.05) is 20.3 Å². The lowest BCUT2D eigenvalue weighted by molar-refractivity contribution is -0.112. The molecule has 3 N–H and O–H groups in total. The second kappa shape index (κ2) is 9.91. The summed E-state index contributed by atoms with van der Waals surface area (Å²) in [6.07, 6.45) is -3.39. The van der Waals surface area contributed by atoms with E-state index in [1.54, 1.807) is 0 Å². The lowest BCUT2D eigenvalue weighted by Crippen LogP contribution is -2.32. The van der Waals surface area contributed by atoms with Gasteiger partial charge < -0.3 is 15.5 Å². The number of benzene rings is 1. The number of hydrogen-bond donors (Lipinski definition) is 3. The normalized spacial score (nSPS) is 11.9. The Kier molecular flexibility index (Phi) is 7.38. The number of halogens is 5. The van der Waals surface area contributed by atoms with E-state index in [0.717, 1.165) is 16.6 Å². The number of alkyl halides is 3. The number of hydrogen-bond acceptors (Lipinski definition) is 8. The number of fused-ring (bicyclic) bond motifs is 1. The van der Waals surface area contributed by atoms with E-state index in [1.807, 2.05) is 0 Å². The molecule has 0 saturated carbocycles. The Morgan fingerprint density at radius 1 is 1.26 bits per heavy atom. The van der Waals surface area contributed by atoms with Gasteiger partial charge in [0.1, 0.15) is 22.4 Å². The fraction of sp³-hybridized carbons (Fsp3) is 0.158. The number of anilines is 2. The largest absolute Gasteiger partial charge is 0.432 e. The van der Waals surface area contributed by atoms with Crippen LogP contribution in [0.2, 0.25) is 10.0 Å². The molecule has 0 fully saturated rings. The lowest BCUT2D eigenvalue weighted by atomic mass is 10.1. The van der Waals surface area contributed by atoms with Gasteiger partial charge in [-0.25, -0.2) is 4.98 Å². The predicted molar refractivity (Wildman–Crippen MR) is 124 cm³/mol. The fourth-order valence-electron chi connectivity index (χ4n) is 2.77. The van der Waals surface area contributed by atoms with Crippen LogP contribution in [-0.2, 0) is 4.79 Å². The summed E-state index contributed by atoms with van der Waals surface area (Å²) >= 11 is 13.3. The van der Waals surface area contributed by atoms with Gasteiger partial charge in [0.2, 0.25) is 0 Å². The number of carbonyl (C=O) groups is 2. The molecular formula is C19H14Cl2F3N7O2S. The monoisotopic (exact) mass is 531 g/mol. The molecule has 0 unspecified atom stereocenters. The van der Waals surface area contributed by atoms with Crippen LogP contribution in [0.1, 0.15) is 10.4 Å². The topological polar surface area (TPSA) is 124 Å². The van der Waals surface area contributed by atoms with E-state index < -0.39 is 29.4 Å². The van der Waals surface area contributed by atoms with Crippen LogP contribution in [0.5, 0.6) is 0 Å². The molecule has 0 bridgehead atoms. The number of pyridine rings is 1. The van der Waals surface area contributed by atoms with Crippen molar-refractivity contribution in [2.24, 2.45) is 0 Å². The van der Waals surface area contributed by atoms with Crippen molar-refractivity contribution < 1.29 is 22.8 Å². The Morgan fingerprint density at radius 2 is 1.97 bits per heavy atom. The van der Waals surface area contributed by atoms with Gasteiger partial charge in [0.05, 0.1) is 33.0 Å². The van der Waals surface area contributed by atoms with Crippen molar-refractivity contribution in [1.82, 2.24) is 19.0 Å². The van der Waals surface area contributed by atoms with Gasteiger partial charge in [-0.2, -0.15) is 21.9 Å². The first-order valence-corrected chi connectivity index (χ1v) is 10.6. The maximum absolute atomic E-state index is 13.2. The number of likely N-dealkylation sites (N-methyl/N-ethyl adjacent to an activating group) is 1. The summed E-state index contributed by atoms with van der Waals surface area (Å²) in [5.41, 5.74) is -2.25. The highest BCUT2D eigenvalue weighted by molar-refractivity contribution is 7.00. The van der Waals surface area contributed by atoms with E-state index in [1.165, 1.54) is 38.5 Å². The second-order valence-corrected chi connectivity index (χ2v) is 7.90. The summed E-state index contributed by atoms with van der Waals surface area (Å²) in [5, 5.41) is 12.0. The molecule has 15 heteroatoms. The van der Waals surface area contributed by atoms with Gasteiger partial charge in [0.25, 0.3) is 11.8 Å². The van der Waals surface area contributed by atoms with Crippen LogP contribution >= 0.6 is 34.9 Å². The van der Waals surface area contributed by atoms with Crippen molar-refractivity contribution >= 4 is 75.0 Å². The van der Waals surface area contributed by atoms with Gasteiger partial charge >= 0.3 is 6.18 Å². The third-order valence-electron chi connectivity index (χ3n) is 4.44. The summed E-state index contributed by atoms with van der Waals surface area (Å²) in [5.74, 6) is -1.80. The van der Waals surface area contributed by atoms with E-state index in [-0.39, 0.29) is 32.6 Å². The third kappa shape index (κ3) is 5.11. The standard InChI is InChI=1S/C19H14Cl2F3N7O2S/c1-26-17(32)8-6-10-15(30-34-29-10)13(21)14(8)28-18(33)11(7-12(25)19(22,23)24)31(2)16-9(20)4-3-5-27-16/h3-7,25H,1-2H3,(H,26,32)(H,28,33)/b11-7-,25-12?. The van der Waals surface area contributed by atoms with E-state index in [0.29, 0.717) is 11.6 Å². The molecule has 0 saturated heterocycles. The van der Waals surface area contributed by atoms with Gasteiger partial charge in [0.15, 0.2) is 5.82 Å².